The highest BCUT2D eigenvalue weighted by molar-refractivity contribution is 6.04. The van der Waals surface area contributed by atoms with Crippen LogP contribution < -0.4 is 15.1 Å². The van der Waals surface area contributed by atoms with E-state index in [2.05, 4.69) is 47.1 Å². The molecule has 1 saturated heterocycles. The van der Waals surface area contributed by atoms with Crippen LogP contribution in [0.15, 0.2) is 67.4 Å². The Morgan fingerprint density at radius 2 is 1.82 bits per heavy atom. The molecule has 1 aliphatic rings. The van der Waals surface area contributed by atoms with Crippen molar-refractivity contribution in [2.45, 2.75) is 13.0 Å². The molecule has 0 aliphatic carbocycles. The van der Waals surface area contributed by atoms with E-state index in [4.69, 9.17) is 0 Å². The van der Waals surface area contributed by atoms with Gasteiger partial charge in [0.25, 0.3) is 5.91 Å². The molecule has 0 aromatic carbocycles. The Balaban J connectivity index is 1.21. The number of nitrogens with zero attached hydrogens (tertiary/aromatic N) is 8. The molecule has 1 atom stereocenters. The molecule has 10 nitrogen and oxygen atoms in total. The molecule has 1 N–H and O–H groups in total. The van der Waals surface area contributed by atoms with Gasteiger partial charge in [0, 0.05) is 51.3 Å². The summed E-state index contributed by atoms with van der Waals surface area (Å²) in [7, 11) is 1.85. The van der Waals surface area contributed by atoms with Gasteiger partial charge in [0.1, 0.15) is 5.82 Å². The van der Waals surface area contributed by atoms with E-state index in [9.17, 15) is 4.79 Å². The largest absolute Gasteiger partial charge is 0.353 e. The van der Waals surface area contributed by atoms with E-state index in [0.29, 0.717) is 17.2 Å². The van der Waals surface area contributed by atoms with Gasteiger partial charge in [-0.1, -0.05) is 6.07 Å². The van der Waals surface area contributed by atoms with Crippen molar-refractivity contribution in [3.8, 4) is 11.4 Å². The van der Waals surface area contributed by atoms with Crippen molar-refractivity contribution in [1.29, 1.82) is 0 Å². The minimum Gasteiger partial charge on any atom is -0.353 e. The number of carbonyl (C=O) groups excluding carboxylic acids is 1. The van der Waals surface area contributed by atoms with E-state index in [0.717, 1.165) is 36.8 Å². The number of carbonyl (C=O) groups is 1. The van der Waals surface area contributed by atoms with Gasteiger partial charge in [0.05, 0.1) is 35.0 Å². The quantitative estimate of drug-likeness (QED) is 0.490. The van der Waals surface area contributed by atoms with Gasteiger partial charge in [-0.3, -0.25) is 14.5 Å². The first-order valence-corrected chi connectivity index (χ1v) is 11.1. The second kappa shape index (κ2) is 9.26. The third kappa shape index (κ3) is 4.42. The summed E-state index contributed by atoms with van der Waals surface area (Å²) in [4.78, 5) is 34.9. The molecule has 172 valence electrons. The minimum absolute atomic E-state index is 0.222. The lowest BCUT2D eigenvalue weighted by Crippen LogP contribution is -2.53. The van der Waals surface area contributed by atoms with Crippen LogP contribution in [-0.4, -0.2) is 61.3 Å². The van der Waals surface area contributed by atoms with Gasteiger partial charge in [0.2, 0.25) is 5.95 Å². The number of pyridine rings is 2. The first-order chi connectivity index (χ1) is 16.6. The summed E-state index contributed by atoms with van der Waals surface area (Å²) in [5.74, 6) is 1.36. The van der Waals surface area contributed by atoms with Crippen LogP contribution in [0.3, 0.4) is 0 Å². The molecule has 0 spiro atoms. The van der Waals surface area contributed by atoms with Gasteiger partial charge >= 0.3 is 0 Å². The second-order valence-corrected chi connectivity index (χ2v) is 8.17. The summed E-state index contributed by atoms with van der Waals surface area (Å²) in [5, 5.41) is 6.98. The fraction of sp³-hybridized carbons (Fsp3) is 0.250. The van der Waals surface area contributed by atoms with Crippen LogP contribution in [0.2, 0.25) is 0 Å². The van der Waals surface area contributed by atoms with Crippen molar-refractivity contribution in [3.63, 3.8) is 0 Å². The molecule has 4 aromatic rings. The summed E-state index contributed by atoms with van der Waals surface area (Å²) < 4.78 is 1.74. The van der Waals surface area contributed by atoms with Gasteiger partial charge in [-0.15, -0.1) is 0 Å². The molecule has 0 unspecified atom stereocenters. The second-order valence-electron chi connectivity index (χ2n) is 8.17. The highest BCUT2D eigenvalue weighted by Gasteiger charge is 2.26. The Morgan fingerprint density at radius 3 is 2.47 bits per heavy atom. The van der Waals surface area contributed by atoms with Crippen LogP contribution in [0.5, 0.6) is 0 Å². The number of piperazine rings is 1. The van der Waals surface area contributed by atoms with Gasteiger partial charge < -0.3 is 15.1 Å². The summed E-state index contributed by atoms with van der Waals surface area (Å²) in [6.07, 6.45) is 8.34. The first kappa shape index (κ1) is 21.5. The maximum atomic E-state index is 12.6. The standard InChI is InChI=1S/C24H25N9O/c1-17-16-32(22-5-3-4-9-25-22)11-12-33(17)24-27-14-19(15-28-24)30-23(34)18-6-7-20(26-13-18)21-8-10-29-31(21)2/h3-10,13-15,17H,11-12,16H2,1-2H3,(H,30,34)/t17-/m0/s1. The molecule has 1 amide bonds. The maximum Gasteiger partial charge on any atom is 0.257 e. The fourth-order valence-corrected chi connectivity index (χ4v) is 4.05. The molecule has 0 radical (unpaired) electrons. The zero-order valence-corrected chi connectivity index (χ0v) is 19.0. The number of nitrogens with one attached hydrogen (secondary N) is 1. The molecule has 0 saturated carbocycles. The van der Waals surface area contributed by atoms with Crippen molar-refractivity contribution >= 4 is 23.4 Å². The number of anilines is 3. The van der Waals surface area contributed by atoms with Crippen molar-refractivity contribution in [1.82, 2.24) is 29.7 Å². The van der Waals surface area contributed by atoms with Crippen molar-refractivity contribution < 1.29 is 4.79 Å². The van der Waals surface area contributed by atoms with Crippen LogP contribution in [0.1, 0.15) is 17.3 Å². The van der Waals surface area contributed by atoms with E-state index >= 15 is 0 Å². The number of aromatic nitrogens is 6. The Kier molecular flexibility index (Phi) is 5.86. The summed E-state index contributed by atoms with van der Waals surface area (Å²) in [5.41, 5.74) is 2.62. The molecular weight excluding hydrogens is 430 g/mol. The average Bonchev–Trinajstić information content (AvgIpc) is 3.31. The highest BCUT2D eigenvalue weighted by Crippen LogP contribution is 2.21. The predicted molar refractivity (Wildman–Crippen MR) is 130 cm³/mol. The molecule has 4 aromatic heterocycles. The molecule has 5 rings (SSSR count). The molecule has 1 fully saturated rings. The van der Waals surface area contributed by atoms with Crippen LogP contribution in [0.4, 0.5) is 17.5 Å². The number of hydrogen-bond acceptors (Lipinski definition) is 8. The smallest absolute Gasteiger partial charge is 0.257 e. The van der Waals surface area contributed by atoms with Crippen LogP contribution in [-0.2, 0) is 7.05 Å². The lowest BCUT2D eigenvalue weighted by atomic mass is 10.2. The molecular formula is C24H25N9O. The third-order valence-corrected chi connectivity index (χ3v) is 5.86. The van der Waals surface area contributed by atoms with E-state index in [1.807, 2.05) is 37.5 Å². The third-order valence-electron chi connectivity index (χ3n) is 5.86. The topological polar surface area (TPSA) is 105 Å². The number of aryl methyl sites for hydroxylation is 1. The molecule has 10 heteroatoms. The minimum atomic E-state index is -0.266. The van der Waals surface area contributed by atoms with E-state index in [-0.39, 0.29) is 11.9 Å². The normalized spacial score (nSPS) is 15.9. The van der Waals surface area contributed by atoms with Crippen LogP contribution in [0.25, 0.3) is 11.4 Å². The monoisotopic (exact) mass is 455 g/mol. The Bertz CT molecular complexity index is 1260. The SMILES string of the molecule is C[C@H]1CN(c2ccccn2)CCN1c1ncc(NC(=O)c2ccc(-c3ccnn3C)nc2)cn1. The zero-order chi connectivity index (χ0) is 23.5. The van der Waals surface area contributed by atoms with Crippen LogP contribution in [0, 0.1) is 0 Å². The van der Waals surface area contributed by atoms with E-state index in [1.165, 1.54) is 0 Å². The molecule has 5 heterocycles. The number of rotatable bonds is 5. The number of amides is 1. The summed E-state index contributed by atoms with van der Waals surface area (Å²) >= 11 is 0. The lowest BCUT2D eigenvalue weighted by molar-refractivity contribution is 0.102. The maximum absolute atomic E-state index is 12.6. The summed E-state index contributed by atoms with van der Waals surface area (Å²) in [6, 6.07) is 11.6. The van der Waals surface area contributed by atoms with Gasteiger partial charge in [-0.25, -0.2) is 15.0 Å². The van der Waals surface area contributed by atoms with Crippen LogP contribution >= 0.6 is 0 Å². The summed E-state index contributed by atoms with van der Waals surface area (Å²) in [6.45, 7) is 4.61. The molecule has 1 aliphatic heterocycles. The van der Waals surface area contributed by atoms with Gasteiger partial charge in [-0.2, -0.15) is 5.10 Å². The lowest BCUT2D eigenvalue weighted by Gasteiger charge is -2.40. The van der Waals surface area contributed by atoms with Crippen molar-refractivity contribution in [2.75, 3.05) is 34.8 Å². The first-order valence-electron chi connectivity index (χ1n) is 11.1. The number of hydrogen-bond donors (Lipinski definition) is 1. The predicted octanol–water partition coefficient (Wildman–Crippen LogP) is 2.63. The molecule has 0 bridgehead atoms. The Morgan fingerprint density at radius 1 is 0.971 bits per heavy atom. The zero-order valence-electron chi connectivity index (χ0n) is 19.0. The van der Waals surface area contributed by atoms with Crippen molar-refractivity contribution in [2.24, 2.45) is 7.05 Å². The average molecular weight is 456 g/mol. The van der Waals surface area contributed by atoms with Crippen molar-refractivity contribution in [3.05, 3.63) is 72.9 Å². The molecule has 34 heavy (non-hydrogen) atoms. The van der Waals surface area contributed by atoms with Gasteiger partial charge in [-0.05, 0) is 37.3 Å². The Labute approximate surface area is 197 Å². The van der Waals surface area contributed by atoms with E-state index in [1.54, 1.807) is 41.6 Å². The van der Waals surface area contributed by atoms with Gasteiger partial charge in [0.15, 0.2) is 0 Å². The fourth-order valence-electron chi connectivity index (χ4n) is 4.05. The highest BCUT2D eigenvalue weighted by atomic mass is 16.1. The Hall–Kier alpha value is -4.34. The van der Waals surface area contributed by atoms with E-state index < -0.39 is 0 Å².